The van der Waals surface area contributed by atoms with Gasteiger partial charge in [0, 0.05) is 24.5 Å². The molecule has 0 radical (unpaired) electrons. The third kappa shape index (κ3) is 2.75. The van der Waals surface area contributed by atoms with Crippen LogP contribution in [0.2, 0.25) is 0 Å². The molecule has 0 bridgehead atoms. The third-order valence-corrected chi connectivity index (χ3v) is 3.59. The lowest BCUT2D eigenvalue weighted by molar-refractivity contribution is 0.0698. The van der Waals surface area contributed by atoms with Gasteiger partial charge in [-0.25, -0.2) is 4.79 Å². The lowest BCUT2D eigenvalue weighted by Gasteiger charge is -2.30. The van der Waals surface area contributed by atoms with E-state index in [-0.39, 0.29) is 5.56 Å². The van der Waals surface area contributed by atoms with E-state index in [4.69, 9.17) is 10.8 Å². The van der Waals surface area contributed by atoms with Gasteiger partial charge >= 0.3 is 5.97 Å². The Kier molecular flexibility index (Phi) is 4.22. The fourth-order valence-corrected chi connectivity index (χ4v) is 1.84. The first kappa shape index (κ1) is 14.4. The van der Waals surface area contributed by atoms with Crippen LogP contribution < -0.4 is 10.6 Å². The Morgan fingerprint density at radius 1 is 1.33 bits per heavy atom. The second-order valence-corrected chi connectivity index (χ2v) is 5.12. The van der Waals surface area contributed by atoms with E-state index in [2.05, 4.69) is 25.7 Å². The van der Waals surface area contributed by atoms with E-state index in [1.807, 2.05) is 20.0 Å². The van der Waals surface area contributed by atoms with Crippen LogP contribution in [0.4, 0.5) is 11.4 Å². The van der Waals surface area contributed by atoms with E-state index in [0.29, 0.717) is 17.6 Å². The summed E-state index contributed by atoms with van der Waals surface area (Å²) in [5.41, 5.74) is 8.00. The summed E-state index contributed by atoms with van der Waals surface area (Å²) in [6.07, 6.45) is 0. The molecule has 0 amide bonds. The van der Waals surface area contributed by atoms with Crippen molar-refractivity contribution in [2.45, 2.75) is 33.7 Å². The number of nitrogens with two attached hydrogens (primary N) is 1. The molecule has 1 unspecified atom stereocenters. The van der Waals surface area contributed by atoms with Crippen molar-refractivity contribution in [1.82, 2.24) is 0 Å². The molecule has 0 aromatic heterocycles. The molecule has 1 aromatic carbocycles. The number of benzene rings is 1. The average Bonchev–Trinajstić information content (AvgIpc) is 2.29. The Balaban J connectivity index is 3.22. The van der Waals surface area contributed by atoms with Crippen molar-refractivity contribution in [1.29, 1.82) is 0 Å². The van der Waals surface area contributed by atoms with Gasteiger partial charge in [0.15, 0.2) is 0 Å². The van der Waals surface area contributed by atoms with Crippen LogP contribution in [-0.4, -0.2) is 24.2 Å². The average molecular weight is 250 g/mol. The molecular weight excluding hydrogens is 228 g/mol. The number of anilines is 2. The van der Waals surface area contributed by atoms with Gasteiger partial charge in [0.05, 0.1) is 5.56 Å². The summed E-state index contributed by atoms with van der Waals surface area (Å²) in [7, 11) is 1.97. The highest BCUT2D eigenvalue weighted by molar-refractivity contribution is 5.95. The molecule has 1 atom stereocenters. The van der Waals surface area contributed by atoms with Crippen LogP contribution in [0.1, 0.15) is 36.7 Å². The van der Waals surface area contributed by atoms with Crippen molar-refractivity contribution in [3.63, 3.8) is 0 Å². The SMILES string of the molecule is Cc1cc(N(C)C(C)C(C)C)cc(C(=O)O)c1N. The molecule has 1 rings (SSSR count). The first-order valence-electron chi connectivity index (χ1n) is 6.12. The zero-order valence-electron chi connectivity index (χ0n) is 11.7. The molecule has 18 heavy (non-hydrogen) atoms. The summed E-state index contributed by atoms with van der Waals surface area (Å²) in [6, 6.07) is 3.90. The summed E-state index contributed by atoms with van der Waals surface area (Å²) in [6.45, 7) is 8.24. The number of aromatic carboxylic acids is 1. The molecular formula is C14H22N2O2. The first-order valence-corrected chi connectivity index (χ1v) is 6.12. The molecule has 0 aliphatic carbocycles. The molecule has 0 spiro atoms. The predicted octanol–water partition coefficient (Wildman–Crippen LogP) is 2.76. The van der Waals surface area contributed by atoms with Gasteiger partial charge in [0.1, 0.15) is 0 Å². The Labute approximate surface area is 108 Å². The Morgan fingerprint density at radius 2 is 1.89 bits per heavy atom. The standard InChI is InChI=1S/C14H22N2O2/c1-8(2)10(4)16(5)11-6-9(3)13(15)12(7-11)14(17)18/h6-8,10H,15H2,1-5H3,(H,17,18). The van der Waals surface area contributed by atoms with E-state index < -0.39 is 5.97 Å². The number of nitrogen functional groups attached to an aromatic ring is 1. The fraction of sp³-hybridized carbons (Fsp3) is 0.500. The largest absolute Gasteiger partial charge is 0.478 e. The lowest BCUT2D eigenvalue weighted by atomic mass is 10.0. The van der Waals surface area contributed by atoms with Gasteiger partial charge in [-0.2, -0.15) is 0 Å². The second kappa shape index (κ2) is 5.29. The third-order valence-electron chi connectivity index (χ3n) is 3.59. The molecule has 0 saturated heterocycles. The van der Waals surface area contributed by atoms with Crippen LogP contribution in [0.15, 0.2) is 12.1 Å². The van der Waals surface area contributed by atoms with Gasteiger partial charge < -0.3 is 15.7 Å². The predicted molar refractivity (Wildman–Crippen MR) is 75.3 cm³/mol. The van der Waals surface area contributed by atoms with Crippen molar-refractivity contribution in [3.8, 4) is 0 Å². The molecule has 0 aliphatic heterocycles. The van der Waals surface area contributed by atoms with E-state index in [9.17, 15) is 4.79 Å². The van der Waals surface area contributed by atoms with Crippen LogP contribution in [0.3, 0.4) is 0 Å². The Bertz CT molecular complexity index is 455. The number of carboxylic acids is 1. The van der Waals surface area contributed by atoms with Gasteiger partial charge in [-0.05, 0) is 37.5 Å². The minimum absolute atomic E-state index is 0.174. The molecule has 4 nitrogen and oxygen atoms in total. The number of nitrogens with zero attached hydrogens (tertiary/aromatic N) is 1. The van der Waals surface area contributed by atoms with Gasteiger partial charge in [-0.15, -0.1) is 0 Å². The maximum atomic E-state index is 11.2. The highest BCUT2D eigenvalue weighted by atomic mass is 16.4. The number of carboxylic acid groups (broad SMARTS) is 1. The van der Waals surface area contributed by atoms with Crippen molar-refractivity contribution in [3.05, 3.63) is 23.3 Å². The van der Waals surface area contributed by atoms with E-state index in [0.717, 1.165) is 11.3 Å². The van der Waals surface area contributed by atoms with Crippen LogP contribution in [0.25, 0.3) is 0 Å². The summed E-state index contributed by atoms with van der Waals surface area (Å²) in [5, 5.41) is 9.15. The summed E-state index contributed by atoms with van der Waals surface area (Å²) < 4.78 is 0. The minimum Gasteiger partial charge on any atom is -0.478 e. The topological polar surface area (TPSA) is 66.6 Å². The molecule has 0 heterocycles. The van der Waals surface area contributed by atoms with Crippen LogP contribution in [0, 0.1) is 12.8 Å². The first-order chi connectivity index (χ1) is 8.25. The Morgan fingerprint density at radius 3 is 2.33 bits per heavy atom. The normalized spacial score (nSPS) is 12.6. The lowest BCUT2D eigenvalue weighted by Crippen LogP contribution is -2.33. The fourth-order valence-electron chi connectivity index (χ4n) is 1.84. The summed E-state index contributed by atoms with van der Waals surface area (Å²) >= 11 is 0. The van der Waals surface area contributed by atoms with Crippen molar-refractivity contribution < 1.29 is 9.90 Å². The van der Waals surface area contributed by atoms with Gasteiger partial charge in [0.2, 0.25) is 0 Å². The van der Waals surface area contributed by atoms with Crippen molar-refractivity contribution in [2.24, 2.45) is 5.92 Å². The monoisotopic (exact) mass is 250 g/mol. The van der Waals surface area contributed by atoms with Crippen LogP contribution in [-0.2, 0) is 0 Å². The molecule has 0 saturated carbocycles. The second-order valence-electron chi connectivity index (χ2n) is 5.12. The number of carbonyl (C=O) groups is 1. The number of aryl methyl sites for hydroxylation is 1. The van der Waals surface area contributed by atoms with Gasteiger partial charge in [-0.3, -0.25) is 0 Å². The molecule has 100 valence electrons. The molecule has 4 heteroatoms. The summed E-state index contributed by atoms with van der Waals surface area (Å²) in [4.78, 5) is 13.2. The smallest absolute Gasteiger partial charge is 0.337 e. The van der Waals surface area contributed by atoms with E-state index >= 15 is 0 Å². The zero-order valence-corrected chi connectivity index (χ0v) is 11.7. The zero-order chi connectivity index (χ0) is 14.0. The van der Waals surface area contributed by atoms with Gasteiger partial charge in [-0.1, -0.05) is 13.8 Å². The van der Waals surface area contributed by atoms with E-state index in [1.165, 1.54) is 0 Å². The van der Waals surface area contributed by atoms with E-state index in [1.54, 1.807) is 6.07 Å². The summed E-state index contributed by atoms with van der Waals surface area (Å²) in [5.74, 6) is -0.496. The van der Waals surface area contributed by atoms with Crippen molar-refractivity contribution >= 4 is 17.3 Å². The molecule has 0 aliphatic rings. The van der Waals surface area contributed by atoms with Crippen molar-refractivity contribution in [2.75, 3.05) is 17.7 Å². The highest BCUT2D eigenvalue weighted by Gasteiger charge is 2.18. The molecule has 1 aromatic rings. The molecule has 0 fully saturated rings. The number of hydrogen-bond donors (Lipinski definition) is 2. The van der Waals surface area contributed by atoms with Crippen LogP contribution in [0.5, 0.6) is 0 Å². The highest BCUT2D eigenvalue weighted by Crippen LogP contribution is 2.27. The van der Waals surface area contributed by atoms with Gasteiger partial charge in [0.25, 0.3) is 0 Å². The quantitative estimate of drug-likeness (QED) is 0.806. The van der Waals surface area contributed by atoms with Crippen LogP contribution >= 0.6 is 0 Å². The number of rotatable bonds is 4. The maximum absolute atomic E-state index is 11.2. The molecule has 3 N–H and O–H groups in total. The number of hydrogen-bond acceptors (Lipinski definition) is 3. The minimum atomic E-state index is -0.983. The Hall–Kier alpha value is -1.71. The maximum Gasteiger partial charge on any atom is 0.337 e.